The average molecular weight is 447 g/mol. The van der Waals surface area contributed by atoms with Gasteiger partial charge in [0.25, 0.3) is 0 Å². The minimum atomic E-state index is -1.40. The molecule has 2 aromatic heterocycles. The highest BCUT2D eigenvalue weighted by Crippen LogP contribution is 2.41. The number of rotatable bonds is 7. The van der Waals surface area contributed by atoms with Crippen LogP contribution in [0.15, 0.2) is 28.9 Å². The van der Waals surface area contributed by atoms with Crippen molar-refractivity contribution in [1.82, 2.24) is 19.4 Å². The van der Waals surface area contributed by atoms with Crippen LogP contribution >= 0.6 is 23.7 Å². The van der Waals surface area contributed by atoms with Crippen molar-refractivity contribution in [2.75, 3.05) is 7.05 Å². The Morgan fingerprint density at radius 1 is 1.40 bits per heavy atom. The van der Waals surface area contributed by atoms with Gasteiger partial charge in [0.15, 0.2) is 5.82 Å². The first kappa shape index (κ1) is 21.5. The molecule has 160 valence electrons. The molecular weight excluding hydrogens is 419 g/mol. The van der Waals surface area contributed by atoms with Crippen molar-refractivity contribution in [2.45, 2.75) is 62.7 Å². The molecule has 30 heavy (non-hydrogen) atoms. The number of aromatic nitrogens is 2. The summed E-state index contributed by atoms with van der Waals surface area (Å²) in [5.74, 6) is 0.435. The number of likely N-dealkylation sites (N-methyl/N-ethyl adjacent to an activating group) is 1. The molecule has 6 nitrogen and oxygen atoms in total. The zero-order valence-electron chi connectivity index (χ0n) is 17.6. The Morgan fingerprint density at radius 2 is 2.13 bits per heavy atom. The molecule has 2 heterocycles. The van der Waals surface area contributed by atoms with E-state index in [2.05, 4.69) is 34.9 Å². The molecule has 0 aromatic carbocycles. The summed E-state index contributed by atoms with van der Waals surface area (Å²) in [6.45, 7) is 5.68. The normalized spacial score (nSPS) is 20.9. The van der Waals surface area contributed by atoms with E-state index in [1.807, 2.05) is 17.6 Å². The molecule has 1 fully saturated rings. The molecule has 2 aromatic rings. The minimum Gasteiger partial charge on any atom is -0.313 e. The van der Waals surface area contributed by atoms with E-state index >= 15 is 0 Å². The number of halogens is 1. The van der Waals surface area contributed by atoms with Gasteiger partial charge in [-0.2, -0.15) is 0 Å². The Bertz CT molecular complexity index is 1050. The summed E-state index contributed by atoms with van der Waals surface area (Å²) in [4.78, 5) is 5.51. The van der Waals surface area contributed by atoms with Gasteiger partial charge in [-0.3, -0.25) is 19.9 Å². The number of nitrogens with zero attached hydrogens (tertiary/aromatic N) is 2. The van der Waals surface area contributed by atoms with E-state index in [-0.39, 0.29) is 15.6 Å². The summed E-state index contributed by atoms with van der Waals surface area (Å²) in [5, 5.41) is 19.4. The van der Waals surface area contributed by atoms with Gasteiger partial charge in [0.1, 0.15) is 16.3 Å². The molecule has 2 unspecified atom stereocenters. The van der Waals surface area contributed by atoms with Crippen molar-refractivity contribution in [3.8, 4) is 0 Å². The van der Waals surface area contributed by atoms with Crippen molar-refractivity contribution in [3.05, 3.63) is 35.4 Å². The average Bonchev–Trinajstić information content (AvgIpc) is 3.28. The molecule has 0 radical (unpaired) electrons. The smallest absolute Gasteiger partial charge is 0.169 e. The van der Waals surface area contributed by atoms with Crippen LogP contribution in [0.2, 0.25) is 0 Å². The number of thioether (sulfide) groups is 1. The van der Waals surface area contributed by atoms with Crippen molar-refractivity contribution < 1.29 is 4.39 Å². The van der Waals surface area contributed by atoms with Gasteiger partial charge in [0.05, 0.1) is 11.7 Å². The van der Waals surface area contributed by atoms with E-state index in [1.54, 1.807) is 18.1 Å². The fraction of sp³-hybridized carbons (Fsp3) is 0.476. The molecule has 0 aliphatic heterocycles. The van der Waals surface area contributed by atoms with E-state index in [9.17, 15) is 4.39 Å². The topological polar surface area (TPSA) is 89.1 Å². The number of nitrogens with one attached hydrogen (secondary N) is 4. The quantitative estimate of drug-likeness (QED) is 0.283. The first-order chi connectivity index (χ1) is 14.2. The molecule has 1 saturated carbocycles. The molecule has 0 bridgehead atoms. The molecule has 2 aliphatic carbocycles. The van der Waals surface area contributed by atoms with E-state index < -0.39 is 6.17 Å². The van der Waals surface area contributed by atoms with Crippen LogP contribution in [-0.4, -0.2) is 44.3 Å². The summed E-state index contributed by atoms with van der Waals surface area (Å²) < 4.78 is 18.9. The molecule has 2 atom stereocenters. The first-order valence-corrected chi connectivity index (χ1v) is 11.7. The SMILES string of the molecule is CNC1CC(c2cc(SNC3(C)CC3)cn3c(C(=N)SC(=N)C(C)F)ncc23)=C1C. The van der Waals surface area contributed by atoms with Crippen molar-refractivity contribution in [3.63, 3.8) is 0 Å². The summed E-state index contributed by atoms with van der Waals surface area (Å²) >= 11 is 2.42. The van der Waals surface area contributed by atoms with Gasteiger partial charge < -0.3 is 5.32 Å². The van der Waals surface area contributed by atoms with Crippen molar-refractivity contribution in [2.24, 2.45) is 0 Å². The second-order valence-electron chi connectivity index (χ2n) is 8.31. The lowest BCUT2D eigenvalue weighted by Gasteiger charge is -2.32. The van der Waals surface area contributed by atoms with E-state index in [0.717, 1.165) is 34.2 Å². The third-order valence-electron chi connectivity index (χ3n) is 5.89. The fourth-order valence-corrected chi connectivity index (χ4v) is 5.01. The standard InChI is InChI=1S/C21H27FN6S2/c1-11-14(8-16(11)25-4)15-7-13(30-27-21(3)5-6-21)10-28-17(15)9-26-20(28)19(24)29-18(23)12(2)22/h7,9-10,12,16,23-25,27H,5-6,8H2,1-4H3. The minimum absolute atomic E-state index is 0.0760. The predicted octanol–water partition coefficient (Wildman–Crippen LogP) is 4.64. The van der Waals surface area contributed by atoms with Crippen LogP contribution in [0.4, 0.5) is 4.39 Å². The van der Waals surface area contributed by atoms with Gasteiger partial charge in [0, 0.05) is 28.2 Å². The zero-order valence-corrected chi connectivity index (χ0v) is 19.2. The summed E-state index contributed by atoms with van der Waals surface area (Å²) in [6.07, 6.45) is 5.65. The maximum absolute atomic E-state index is 13.4. The van der Waals surface area contributed by atoms with E-state index in [4.69, 9.17) is 10.8 Å². The number of fused-ring (bicyclic) bond motifs is 1. The Morgan fingerprint density at radius 3 is 2.73 bits per heavy atom. The van der Waals surface area contributed by atoms with Crippen molar-refractivity contribution in [1.29, 1.82) is 10.8 Å². The first-order valence-electron chi connectivity index (χ1n) is 10.0. The van der Waals surface area contributed by atoms with Crippen LogP contribution in [0.5, 0.6) is 0 Å². The molecule has 0 spiro atoms. The van der Waals surface area contributed by atoms with Crippen LogP contribution in [0.3, 0.4) is 0 Å². The van der Waals surface area contributed by atoms with Crippen LogP contribution < -0.4 is 10.0 Å². The van der Waals surface area contributed by atoms with Crippen LogP contribution in [-0.2, 0) is 0 Å². The van der Waals surface area contributed by atoms with Gasteiger partial charge in [0.2, 0.25) is 0 Å². The number of alkyl halides is 1. The molecular formula is C21H27FN6S2. The highest BCUT2D eigenvalue weighted by molar-refractivity contribution is 8.26. The molecule has 0 saturated heterocycles. The van der Waals surface area contributed by atoms with Crippen molar-refractivity contribution >= 4 is 44.9 Å². The number of hydrogen-bond donors (Lipinski definition) is 4. The lowest BCUT2D eigenvalue weighted by Crippen LogP contribution is -2.34. The van der Waals surface area contributed by atoms with Gasteiger partial charge >= 0.3 is 0 Å². The van der Waals surface area contributed by atoms with E-state index in [1.165, 1.54) is 30.9 Å². The lowest BCUT2D eigenvalue weighted by molar-refractivity contribution is 0.458. The van der Waals surface area contributed by atoms with Gasteiger partial charge in [-0.15, -0.1) is 0 Å². The van der Waals surface area contributed by atoms with Crippen LogP contribution in [0.25, 0.3) is 11.1 Å². The second kappa shape index (κ2) is 8.11. The number of imidazole rings is 1. The molecule has 4 rings (SSSR count). The van der Waals surface area contributed by atoms with Crippen LogP contribution in [0, 0.1) is 10.8 Å². The fourth-order valence-electron chi connectivity index (χ4n) is 3.48. The third kappa shape index (κ3) is 4.08. The largest absolute Gasteiger partial charge is 0.313 e. The highest BCUT2D eigenvalue weighted by atomic mass is 32.2. The second-order valence-corrected chi connectivity index (χ2v) is 10.2. The summed E-state index contributed by atoms with van der Waals surface area (Å²) in [6, 6.07) is 2.58. The lowest BCUT2D eigenvalue weighted by atomic mass is 9.80. The van der Waals surface area contributed by atoms with E-state index in [0.29, 0.717) is 11.9 Å². The number of pyridine rings is 1. The summed E-state index contributed by atoms with van der Waals surface area (Å²) in [5.41, 5.74) is 4.87. The zero-order chi connectivity index (χ0) is 21.6. The predicted molar refractivity (Wildman–Crippen MR) is 125 cm³/mol. The maximum Gasteiger partial charge on any atom is 0.169 e. The third-order valence-corrected chi connectivity index (χ3v) is 7.87. The molecule has 9 heteroatoms. The van der Waals surface area contributed by atoms with Gasteiger partial charge in [-0.05, 0) is 82.4 Å². The Hall–Kier alpha value is -1.68. The van der Waals surface area contributed by atoms with Crippen LogP contribution in [0.1, 0.15) is 51.4 Å². The molecule has 2 aliphatic rings. The Labute approximate surface area is 184 Å². The summed E-state index contributed by atoms with van der Waals surface area (Å²) in [7, 11) is 1.98. The Kier molecular flexibility index (Phi) is 5.82. The molecule has 0 amide bonds. The maximum atomic E-state index is 13.4. The van der Waals surface area contributed by atoms with Gasteiger partial charge in [-0.25, -0.2) is 9.37 Å². The highest BCUT2D eigenvalue weighted by Gasteiger charge is 2.37. The molecule has 4 N–H and O–H groups in total. The monoisotopic (exact) mass is 446 g/mol. The Balaban J connectivity index is 1.74. The van der Waals surface area contributed by atoms with Gasteiger partial charge in [-0.1, -0.05) is 5.57 Å². The number of hydrogen-bond acceptors (Lipinski definition) is 7.